The van der Waals surface area contributed by atoms with Gasteiger partial charge in [-0.25, -0.2) is 9.78 Å². The predicted octanol–water partition coefficient (Wildman–Crippen LogP) is 3.52. The number of carbonyl (C=O) groups is 2. The van der Waals surface area contributed by atoms with Crippen molar-refractivity contribution in [3.8, 4) is 11.3 Å². The van der Waals surface area contributed by atoms with Crippen molar-refractivity contribution in [2.24, 2.45) is 5.92 Å². The molecule has 2 N–H and O–H groups in total. The van der Waals surface area contributed by atoms with Crippen molar-refractivity contribution >= 4 is 23.5 Å². The first kappa shape index (κ1) is 23.6. The molecule has 2 aromatic rings. The summed E-state index contributed by atoms with van der Waals surface area (Å²) in [5.41, 5.74) is 0.925. The van der Waals surface area contributed by atoms with Gasteiger partial charge in [-0.2, -0.15) is 0 Å². The second-order valence-corrected chi connectivity index (χ2v) is 8.01. The van der Waals surface area contributed by atoms with Crippen LogP contribution < -0.4 is 10.9 Å². The molecule has 1 atom stereocenters. The quantitative estimate of drug-likeness (QED) is 0.558. The summed E-state index contributed by atoms with van der Waals surface area (Å²) in [6.45, 7) is 5.23. The molecular weight excluding hydrogens is 406 g/mol. The first-order valence-electron chi connectivity index (χ1n) is 10.1. The number of nitrogens with one attached hydrogen (secondary N) is 1. The lowest BCUT2D eigenvalue weighted by molar-refractivity contribution is -0.143. The summed E-state index contributed by atoms with van der Waals surface area (Å²) < 4.78 is 1.32. The van der Waals surface area contributed by atoms with Crippen LogP contribution in [-0.4, -0.2) is 32.6 Å². The Morgan fingerprint density at radius 3 is 2.43 bits per heavy atom. The third-order valence-electron chi connectivity index (χ3n) is 4.78. The molecule has 0 saturated carbocycles. The Kier molecular flexibility index (Phi) is 8.59. The highest BCUT2D eigenvalue weighted by molar-refractivity contribution is 6.30. The van der Waals surface area contributed by atoms with Crippen LogP contribution in [0.25, 0.3) is 11.3 Å². The molecule has 2 rings (SSSR count). The molecule has 0 aliphatic heterocycles. The van der Waals surface area contributed by atoms with E-state index in [4.69, 9.17) is 11.6 Å². The van der Waals surface area contributed by atoms with E-state index in [1.165, 1.54) is 10.6 Å². The van der Waals surface area contributed by atoms with Crippen molar-refractivity contribution in [1.82, 2.24) is 14.9 Å². The minimum atomic E-state index is -1.11. The van der Waals surface area contributed by atoms with Crippen molar-refractivity contribution in [2.75, 3.05) is 0 Å². The number of hydrogen-bond donors (Lipinski definition) is 2. The highest BCUT2D eigenvalue weighted by Crippen LogP contribution is 2.19. The van der Waals surface area contributed by atoms with Gasteiger partial charge in [-0.3, -0.25) is 14.2 Å². The maximum Gasteiger partial charge on any atom is 0.326 e. The highest BCUT2D eigenvalue weighted by atomic mass is 35.5. The van der Waals surface area contributed by atoms with Crippen LogP contribution in [0.15, 0.2) is 35.1 Å². The number of unbranched alkanes of at least 4 members (excludes halogenated alkanes) is 2. The Morgan fingerprint density at radius 1 is 1.20 bits per heavy atom. The number of halogens is 1. The van der Waals surface area contributed by atoms with Crippen LogP contribution >= 0.6 is 11.6 Å². The van der Waals surface area contributed by atoms with E-state index in [1.807, 2.05) is 0 Å². The molecule has 0 saturated heterocycles. The summed E-state index contributed by atoms with van der Waals surface area (Å²) in [6, 6.07) is 7.40. The zero-order chi connectivity index (χ0) is 22.3. The maximum absolute atomic E-state index is 12.8. The van der Waals surface area contributed by atoms with Crippen LogP contribution in [0.4, 0.5) is 0 Å². The summed E-state index contributed by atoms with van der Waals surface area (Å²) in [5, 5.41) is 12.4. The third-order valence-corrected chi connectivity index (χ3v) is 5.03. The molecule has 1 aromatic carbocycles. The minimum Gasteiger partial charge on any atom is -0.480 e. The second-order valence-electron chi connectivity index (χ2n) is 7.57. The molecule has 30 heavy (non-hydrogen) atoms. The summed E-state index contributed by atoms with van der Waals surface area (Å²) in [7, 11) is 0. The van der Waals surface area contributed by atoms with Crippen LogP contribution in [0.5, 0.6) is 0 Å². The van der Waals surface area contributed by atoms with E-state index in [2.05, 4.69) is 17.2 Å². The molecule has 162 valence electrons. The van der Waals surface area contributed by atoms with Crippen molar-refractivity contribution in [3.63, 3.8) is 0 Å². The van der Waals surface area contributed by atoms with Crippen molar-refractivity contribution in [1.29, 1.82) is 0 Å². The van der Waals surface area contributed by atoms with Gasteiger partial charge in [-0.1, -0.05) is 57.3 Å². The largest absolute Gasteiger partial charge is 0.480 e. The molecule has 0 aliphatic carbocycles. The lowest BCUT2D eigenvalue weighted by Crippen LogP contribution is -2.46. The minimum absolute atomic E-state index is 0.273. The molecule has 0 spiro atoms. The molecule has 7 nitrogen and oxygen atoms in total. The first-order valence-corrected chi connectivity index (χ1v) is 10.5. The molecule has 1 heterocycles. The van der Waals surface area contributed by atoms with Crippen LogP contribution in [0.3, 0.4) is 0 Å². The molecule has 1 aromatic heterocycles. The van der Waals surface area contributed by atoms with Crippen molar-refractivity contribution < 1.29 is 14.7 Å². The first-order chi connectivity index (χ1) is 14.2. The number of hydrogen-bond acceptors (Lipinski definition) is 4. The molecule has 0 fully saturated rings. The predicted molar refractivity (Wildman–Crippen MR) is 117 cm³/mol. The Balaban J connectivity index is 2.34. The maximum atomic E-state index is 12.8. The topological polar surface area (TPSA) is 101 Å². The highest BCUT2D eigenvalue weighted by Gasteiger charge is 2.24. The number of amides is 1. The Morgan fingerprint density at radius 2 is 1.87 bits per heavy atom. The van der Waals surface area contributed by atoms with Gasteiger partial charge in [-0.05, 0) is 24.5 Å². The summed E-state index contributed by atoms with van der Waals surface area (Å²) in [5.74, 6) is -1.41. The summed E-state index contributed by atoms with van der Waals surface area (Å²) in [6.07, 6.45) is 3.36. The average Bonchev–Trinajstić information content (AvgIpc) is 2.68. The lowest BCUT2D eigenvalue weighted by Gasteiger charge is -2.19. The van der Waals surface area contributed by atoms with E-state index >= 15 is 0 Å². The standard InChI is InChI=1S/C22H28ClN3O4/c1-4-5-6-7-18-24-17(15-8-10-16(23)11-9-15)12-20(28)26(18)13-19(27)25-21(14(2)3)22(29)30/h8-12,14,21H,4-7,13H2,1-3H3,(H,25,27)(H,29,30). The lowest BCUT2D eigenvalue weighted by atomic mass is 10.0. The summed E-state index contributed by atoms with van der Waals surface area (Å²) in [4.78, 5) is 41.3. The van der Waals surface area contributed by atoms with Gasteiger partial charge in [0.2, 0.25) is 5.91 Å². The van der Waals surface area contributed by atoms with E-state index in [0.29, 0.717) is 23.0 Å². The van der Waals surface area contributed by atoms with Crippen molar-refractivity contribution in [2.45, 2.75) is 59.0 Å². The van der Waals surface area contributed by atoms with Gasteiger partial charge >= 0.3 is 5.97 Å². The van der Waals surface area contributed by atoms with Gasteiger partial charge < -0.3 is 10.4 Å². The van der Waals surface area contributed by atoms with Gasteiger partial charge in [0, 0.05) is 23.1 Å². The van der Waals surface area contributed by atoms with Gasteiger partial charge in [0.15, 0.2) is 0 Å². The number of carboxylic acid groups (broad SMARTS) is 1. The Bertz CT molecular complexity index is 938. The molecule has 0 aliphatic rings. The zero-order valence-electron chi connectivity index (χ0n) is 17.5. The van der Waals surface area contributed by atoms with E-state index < -0.39 is 17.9 Å². The molecule has 1 unspecified atom stereocenters. The second kappa shape index (κ2) is 10.9. The van der Waals surface area contributed by atoms with E-state index in [9.17, 15) is 19.5 Å². The zero-order valence-corrected chi connectivity index (χ0v) is 18.3. The molecule has 1 amide bonds. The van der Waals surface area contributed by atoms with Gasteiger partial charge in [0.25, 0.3) is 5.56 Å². The molecule has 8 heteroatoms. The van der Waals surface area contributed by atoms with Gasteiger partial charge in [0.05, 0.1) is 5.69 Å². The SMILES string of the molecule is CCCCCc1nc(-c2ccc(Cl)cc2)cc(=O)n1CC(=O)NC(C(=O)O)C(C)C. The van der Waals surface area contributed by atoms with Gasteiger partial charge in [-0.15, -0.1) is 0 Å². The van der Waals surface area contributed by atoms with Crippen LogP contribution in [0.1, 0.15) is 45.9 Å². The molecule has 0 bridgehead atoms. The number of carbonyl (C=O) groups excluding carboxylic acids is 1. The van der Waals surface area contributed by atoms with Crippen LogP contribution in [0, 0.1) is 5.92 Å². The number of aromatic nitrogens is 2. The van der Waals surface area contributed by atoms with Crippen LogP contribution in [-0.2, 0) is 22.6 Å². The summed E-state index contributed by atoms with van der Waals surface area (Å²) >= 11 is 5.94. The van der Waals surface area contributed by atoms with E-state index in [1.54, 1.807) is 38.1 Å². The number of nitrogens with zero attached hydrogens (tertiary/aromatic N) is 2. The van der Waals surface area contributed by atoms with Crippen molar-refractivity contribution in [3.05, 3.63) is 51.5 Å². The fourth-order valence-electron chi connectivity index (χ4n) is 3.09. The fraction of sp³-hybridized carbons (Fsp3) is 0.455. The molecular formula is C22H28ClN3O4. The number of rotatable bonds is 10. The van der Waals surface area contributed by atoms with E-state index in [0.717, 1.165) is 24.8 Å². The number of aliphatic carboxylic acids is 1. The van der Waals surface area contributed by atoms with Crippen LogP contribution in [0.2, 0.25) is 5.02 Å². The van der Waals surface area contributed by atoms with E-state index in [-0.39, 0.29) is 18.0 Å². The Hall–Kier alpha value is -2.67. The monoisotopic (exact) mass is 433 g/mol. The normalized spacial score (nSPS) is 12.0. The third kappa shape index (κ3) is 6.42. The number of benzene rings is 1. The number of aryl methyl sites for hydroxylation is 1. The Labute approximate surface area is 181 Å². The smallest absolute Gasteiger partial charge is 0.326 e. The van der Waals surface area contributed by atoms with Gasteiger partial charge in [0.1, 0.15) is 18.4 Å². The number of carboxylic acids is 1. The average molecular weight is 434 g/mol. The fourth-order valence-corrected chi connectivity index (χ4v) is 3.22. The molecule has 0 radical (unpaired) electrons.